The fourth-order valence-corrected chi connectivity index (χ4v) is 3.52. The topological polar surface area (TPSA) is 9.23 Å². The van der Waals surface area contributed by atoms with Gasteiger partial charge in [0, 0.05) is 5.39 Å². The van der Waals surface area contributed by atoms with E-state index in [1.54, 1.807) is 13.0 Å². The highest BCUT2D eigenvalue weighted by Crippen LogP contribution is 2.38. The van der Waals surface area contributed by atoms with Gasteiger partial charge in [-0.2, -0.15) is 4.39 Å². The van der Waals surface area contributed by atoms with Crippen molar-refractivity contribution < 1.29 is 13.5 Å². The number of allylic oxidation sites excluding steroid dienone is 1. The second kappa shape index (κ2) is 6.69. The minimum Gasteiger partial charge on any atom is -0.491 e. The van der Waals surface area contributed by atoms with Crippen LogP contribution in [-0.4, -0.2) is 6.61 Å². The normalized spacial score (nSPS) is 21.3. The summed E-state index contributed by atoms with van der Waals surface area (Å²) in [5.74, 6) is -0.713. The summed E-state index contributed by atoms with van der Waals surface area (Å²) in [5.41, 5.74) is 1.10. The Hall–Kier alpha value is -1.90. The van der Waals surface area contributed by atoms with Gasteiger partial charge in [-0.25, -0.2) is 4.39 Å². The number of ether oxygens (including phenoxy) is 1. The molecule has 1 saturated carbocycles. The van der Waals surface area contributed by atoms with Crippen molar-refractivity contribution in [2.75, 3.05) is 6.61 Å². The number of hydrogen-bond acceptors (Lipinski definition) is 1. The molecule has 0 saturated heterocycles. The Morgan fingerprint density at radius 3 is 2.52 bits per heavy atom. The van der Waals surface area contributed by atoms with Crippen LogP contribution in [0.3, 0.4) is 0 Å². The molecule has 0 unspecified atom stereocenters. The van der Waals surface area contributed by atoms with Gasteiger partial charge < -0.3 is 4.74 Å². The molecule has 23 heavy (non-hydrogen) atoms. The maximum absolute atomic E-state index is 14.4. The van der Waals surface area contributed by atoms with Crippen LogP contribution in [0.5, 0.6) is 5.75 Å². The third-order valence-corrected chi connectivity index (χ3v) is 4.89. The number of halogens is 2. The fraction of sp³-hybridized carbons (Fsp3) is 0.400. The van der Waals surface area contributed by atoms with Gasteiger partial charge in [-0.1, -0.05) is 18.2 Å². The van der Waals surface area contributed by atoms with Crippen molar-refractivity contribution in [3.8, 4) is 5.75 Å². The van der Waals surface area contributed by atoms with E-state index in [9.17, 15) is 8.78 Å². The lowest BCUT2D eigenvalue weighted by Gasteiger charge is -2.27. The van der Waals surface area contributed by atoms with Crippen LogP contribution in [0.4, 0.5) is 8.78 Å². The van der Waals surface area contributed by atoms with Gasteiger partial charge in [0.05, 0.1) is 6.61 Å². The molecule has 1 nitrogen and oxygen atoms in total. The highest BCUT2D eigenvalue weighted by atomic mass is 19.2. The van der Waals surface area contributed by atoms with Crippen LogP contribution in [0.15, 0.2) is 36.9 Å². The third kappa shape index (κ3) is 3.10. The van der Waals surface area contributed by atoms with Crippen molar-refractivity contribution in [1.29, 1.82) is 0 Å². The summed E-state index contributed by atoms with van der Waals surface area (Å²) in [5, 5.41) is 1.02. The standard InChI is InChI=1S/C20H22F2O/c1-3-13-5-7-14(8-6-13)15-9-10-16-12-18(23-4-2)20(22)19(21)17(16)11-15/h3,9-14H,1,4-8H2,2H3. The third-order valence-electron chi connectivity index (χ3n) is 4.89. The number of benzene rings is 2. The summed E-state index contributed by atoms with van der Waals surface area (Å²) in [6, 6.07) is 7.29. The van der Waals surface area contributed by atoms with Gasteiger partial charge in [0.1, 0.15) is 0 Å². The Kier molecular flexibility index (Phi) is 4.65. The molecule has 0 radical (unpaired) electrons. The second-order valence-corrected chi connectivity index (χ2v) is 6.26. The van der Waals surface area contributed by atoms with Crippen molar-refractivity contribution >= 4 is 10.8 Å². The van der Waals surface area contributed by atoms with Crippen LogP contribution >= 0.6 is 0 Å². The quantitative estimate of drug-likeness (QED) is 0.631. The lowest BCUT2D eigenvalue weighted by molar-refractivity contribution is 0.315. The minimum atomic E-state index is -0.896. The van der Waals surface area contributed by atoms with Gasteiger partial charge >= 0.3 is 0 Å². The van der Waals surface area contributed by atoms with E-state index in [4.69, 9.17) is 4.74 Å². The molecule has 1 aliphatic rings. The summed E-state index contributed by atoms with van der Waals surface area (Å²) < 4.78 is 33.6. The number of hydrogen-bond donors (Lipinski definition) is 0. The molecule has 3 rings (SSSR count). The first-order valence-corrected chi connectivity index (χ1v) is 8.31. The summed E-state index contributed by atoms with van der Waals surface area (Å²) in [4.78, 5) is 0. The molecule has 0 bridgehead atoms. The van der Waals surface area contributed by atoms with E-state index in [1.165, 1.54) is 0 Å². The Morgan fingerprint density at radius 2 is 1.87 bits per heavy atom. The predicted molar refractivity (Wildman–Crippen MR) is 89.9 cm³/mol. The Balaban J connectivity index is 1.94. The van der Waals surface area contributed by atoms with Crippen molar-refractivity contribution in [2.45, 2.75) is 38.5 Å². The average Bonchev–Trinajstić information content (AvgIpc) is 2.59. The molecule has 3 heteroatoms. The molecule has 0 amide bonds. The van der Waals surface area contributed by atoms with Gasteiger partial charge in [0.25, 0.3) is 0 Å². The van der Waals surface area contributed by atoms with Crippen molar-refractivity contribution in [3.63, 3.8) is 0 Å². The van der Waals surface area contributed by atoms with Gasteiger partial charge in [-0.3, -0.25) is 0 Å². The molecule has 122 valence electrons. The first kappa shape index (κ1) is 16.0. The molecule has 0 aliphatic heterocycles. The minimum absolute atomic E-state index is 0.0169. The van der Waals surface area contributed by atoms with E-state index in [-0.39, 0.29) is 5.75 Å². The Morgan fingerprint density at radius 1 is 1.13 bits per heavy atom. The second-order valence-electron chi connectivity index (χ2n) is 6.26. The molecule has 1 aliphatic carbocycles. The van der Waals surface area contributed by atoms with Crippen molar-refractivity contribution in [1.82, 2.24) is 0 Å². The molecule has 0 N–H and O–H groups in total. The first-order valence-electron chi connectivity index (χ1n) is 8.31. The van der Waals surface area contributed by atoms with Crippen LogP contribution in [0, 0.1) is 17.6 Å². The maximum Gasteiger partial charge on any atom is 0.201 e. The zero-order valence-corrected chi connectivity index (χ0v) is 13.4. The first-order chi connectivity index (χ1) is 11.1. The van der Waals surface area contributed by atoms with Crippen LogP contribution in [0.25, 0.3) is 10.8 Å². The van der Waals surface area contributed by atoms with Gasteiger partial charge in [0.15, 0.2) is 11.6 Å². The van der Waals surface area contributed by atoms with Gasteiger partial charge in [-0.05, 0) is 67.5 Å². The zero-order valence-electron chi connectivity index (χ0n) is 13.4. The summed E-state index contributed by atoms with van der Waals surface area (Å²) in [6.07, 6.45) is 6.41. The lowest BCUT2D eigenvalue weighted by atomic mass is 9.78. The molecule has 2 aromatic rings. The molecule has 0 aromatic heterocycles. The number of rotatable bonds is 4. The van der Waals surface area contributed by atoms with Crippen LogP contribution in [0.1, 0.15) is 44.1 Å². The Bertz CT molecular complexity index is 715. The van der Waals surface area contributed by atoms with E-state index in [0.717, 1.165) is 31.2 Å². The van der Waals surface area contributed by atoms with Crippen LogP contribution in [-0.2, 0) is 0 Å². The maximum atomic E-state index is 14.4. The van der Waals surface area contributed by atoms with Gasteiger partial charge in [-0.15, -0.1) is 6.58 Å². The molecular weight excluding hydrogens is 294 g/mol. The highest BCUT2D eigenvalue weighted by Gasteiger charge is 2.22. The molecule has 0 spiro atoms. The largest absolute Gasteiger partial charge is 0.491 e. The smallest absolute Gasteiger partial charge is 0.201 e. The monoisotopic (exact) mass is 316 g/mol. The van der Waals surface area contributed by atoms with Crippen LogP contribution in [0.2, 0.25) is 0 Å². The van der Waals surface area contributed by atoms with Crippen LogP contribution < -0.4 is 4.74 Å². The van der Waals surface area contributed by atoms with E-state index in [0.29, 0.717) is 29.2 Å². The molecule has 0 heterocycles. The molecule has 0 atom stereocenters. The molecular formula is C20H22F2O. The summed E-state index contributed by atoms with van der Waals surface area (Å²) in [7, 11) is 0. The molecule has 1 fully saturated rings. The summed E-state index contributed by atoms with van der Waals surface area (Å²) in [6.45, 7) is 5.93. The number of fused-ring (bicyclic) bond motifs is 1. The zero-order chi connectivity index (χ0) is 16.4. The van der Waals surface area contributed by atoms with Crippen molar-refractivity contribution in [3.05, 3.63) is 54.1 Å². The fourth-order valence-electron chi connectivity index (χ4n) is 3.52. The van der Waals surface area contributed by atoms with E-state index in [2.05, 4.69) is 6.58 Å². The average molecular weight is 316 g/mol. The SMILES string of the molecule is C=CC1CCC(c2ccc3cc(OCC)c(F)c(F)c3c2)CC1. The van der Waals surface area contributed by atoms with E-state index >= 15 is 0 Å². The highest BCUT2D eigenvalue weighted by molar-refractivity contribution is 5.85. The summed E-state index contributed by atoms with van der Waals surface area (Å²) >= 11 is 0. The predicted octanol–water partition coefficient (Wildman–Crippen LogP) is 5.98. The van der Waals surface area contributed by atoms with Crippen molar-refractivity contribution in [2.24, 2.45) is 5.92 Å². The lowest BCUT2D eigenvalue weighted by Crippen LogP contribution is -2.11. The molecule has 2 aromatic carbocycles. The van der Waals surface area contributed by atoms with E-state index in [1.807, 2.05) is 24.3 Å². The van der Waals surface area contributed by atoms with E-state index < -0.39 is 11.6 Å². The van der Waals surface area contributed by atoms with Gasteiger partial charge in [0.2, 0.25) is 5.82 Å². The Labute approximate surface area is 136 Å².